The molecule has 5 rings (SSSR count). The molecular formula is C24H17Cl2N3O. The number of anilines is 1. The summed E-state index contributed by atoms with van der Waals surface area (Å²) in [6.07, 6.45) is 0. The van der Waals surface area contributed by atoms with Crippen LogP contribution in [0.3, 0.4) is 0 Å². The number of aromatic amines is 1. The van der Waals surface area contributed by atoms with Crippen LogP contribution < -0.4 is 4.90 Å². The first-order chi connectivity index (χ1) is 14.5. The summed E-state index contributed by atoms with van der Waals surface area (Å²) < 4.78 is 0. The second kappa shape index (κ2) is 7.31. The lowest BCUT2D eigenvalue weighted by Crippen LogP contribution is -2.29. The van der Waals surface area contributed by atoms with Crippen LogP contribution in [0.2, 0.25) is 10.0 Å². The summed E-state index contributed by atoms with van der Waals surface area (Å²) in [5.41, 5.74) is 5.75. The molecule has 6 heteroatoms. The maximum Gasteiger partial charge on any atom is 0.277 e. The lowest BCUT2D eigenvalue weighted by Gasteiger charge is -2.27. The number of carbonyl (C=O) groups excluding carboxylic acids is 1. The highest BCUT2D eigenvalue weighted by atomic mass is 35.5. The monoisotopic (exact) mass is 433 g/mol. The van der Waals surface area contributed by atoms with Gasteiger partial charge in [-0.05, 0) is 42.8 Å². The Hall–Kier alpha value is -3.08. The Morgan fingerprint density at radius 1 is 0.933 bits per heavy atom. The highest BCUT2D eigenvalue weighted by Gasteiger charge is 2.43. The van der Waals surface area contributed by atoms with E-state index in [1.165, 1.54) is 0 Å². The van der Waals surface area contributed by atoms with Crippen molar-refractivity contribution in [2.75, 3.05) is 4.90 Å². The summed E-state index contributed by atoms with van der Waals surface area (Å²) in [5, 5.41) is 8.68. The Bertz CT molecular complexity index is 1250. The number of halogens is 2. The smallest absolute Gasteiger partial charge is 0.277 e. The van der Waals surface area contributed by atoms with Gasteiger partial charge in [-0.2, -0.15) is 5.10 Å². The minimum atomic E-state index is -0.405. The standard InChI is InChI=1S/C24H17Cl2N3O/c1-14-6-8-15(9-7-14)21-20-22(28-27-21)24(30)29(17-12-10-16(25)11-13-17)23(20)18-4-2-3-5-19(18)26/h2-13,23H,1H3,(H,27,28). The number of hydrogen-bond acceptors (Lipinski definition) is 2. The van der Waals surface area contributed by atoms with Gasteiger partial charge in [0, 0.05) is 26.9 Å². The number of carbonyl (C=O) groups is 1. The molecule has 0 radical (unpaired) electrons. The highest BCUT2D eigenvalue weighted by Crippen LogP contribution is 2.46. The van der Waals surface area contributed by atoms with E-state index in [9.17, 15) is 4.79 Å². The molecule has 1 atom stereocenters. The van der Waals surface area contributed by atoms with Crippen molar-refractivity contribution in [1.82, 2.24) is 10.2 Å². The number of hydrogen-bond donors (Lipinski definition) is 1. The average Bonchev–Trinajstić information content (AvgIpc) is 3.29. The van der Waals surface area contributed by atoms with Gasteiger partial charge in [-0.15, -0.1) is 0 Å². The summed E-state index contributed by atoms with van der Waals surface area (Å²) in [5.74, 6) is -0.150. The minimum absolute atomic E-state index is 0.150. The maximum atomic E-state index is 13.5. The van der Waals surface area contributed by atoms with Crippen molar-refractivity contribution in [2.24, 2.45) is 0 Å². The van der Waals surface area contributed by atoms with E-state index in [4.69, 9.17) is 23.2 Å². The van der Waals surface area contributed by atoms with Crippen molar-refractivity contribution in [1.29, 1.82) is 0 Å². The van der Waals surface area contributed by atoms with Gasteiger partial charge < -0.3 is 0 Å². The Morgan fingerprint density at radius 3 is 2.33 bits per heavy atom. The molecular weight excluding hydrogens is 417 g/mol. The molecule has 1 aliphatic heterocycles. The molecule has 1 amide bonds. The zero-order chi connectivity index (χ0) is 20.8. The first-order valence-corrected chi connectivity index (χ1v) is 10.3. The van der Waals surface area contributed by atoms with Gasteiger partial charge in [-0.1, -0.05) is 71.2 Å². The zero-order valence-electron chi connectivity index (χ0n) is 16.1. The van der Waals surface area contributed by atoms with Gasteiger partial charge in [0.25, 0.3) is 5.91 Å². The van der Waals surface area contributed by atoms with E-state index in [0.717, 1.165) is 33.6 Å². The Morgan fingerprint density at radius 2 is 1.63 bits per heavy atom. The van der Waals surface area contributed by atoms with E-state index < -0.39 is 6.04 Å². The number of aryl methyl sites for hydroxylation is 1. The van der Waals surface area contributed by atoms with E-state index >= 15 is 0 Å². The number of amides is 1. The number of benzene rings is 3. The normalized spacial score (nSPS) is 15.5. The molecule has 0 aliphatic carbocycles. The van der Waals surface area contributed by atoms with Crippen LogP contribution in [0.4, 0.5) is 5.69 Å². The first-order valence-electron chi connectivity index (χ1n) is 9.53. The van der Waals surface area contributed by atoms with E-state index in [1.54, 1.807) is 17.0 Å². The van der Waals surface area contributed by atoms with Gasteiger partial charge >= 0.3 is 0 Å². The fourth-order valence-corrected chi connectivity index (χ4v) is 4.30. The number of H-pyrrole nitrogens is 1. The van der Waals surface area contributed by atoms with Gasteiger partial charge in [0.2, 0.25) is 0 Å². The number of fused-ring (bicyclic) bond motifs is 1. The lowest BCUT2D eigenvalue weighted by atomic mass is 9.95. The van der Waals surface area contributed by atoms with Crippen molar-refractivity contribution in [3.8, 4) is 11.3 Å². The Labute approximate surface area is 184 Å². The number of nitrogens with one attached hydrogen (secondary N) is 1. The molecule has 148 valence electrons. The predicted octanol–water partition coefficient (Wildman–Crippen LogP) is 6.44. The minimum Gasteiger partial charge on any atom is -0.295 e. The lowest BCUT2D eigenvalue weighted by molar-refractivity contribution is 0.0989. The predicted molar refractivity (Wildman–Crippen MR) is 120 cm³/mol. The van der Waals surface area contributed by atoms with Gasteiger partial charge in [-0.3, -0.25) is 14.8 Å². The summed E-state index contributed by atoms with van der Waals surface area (Å²) >= 11 is 12.7. The molecule has 2 heterocycles. The van der Waals surface area contributed by atoms with Crippen LogP contribution in [-0.2, 0) is 0 Å². The number of aromatic nitrogens is 2. The van der Waals surface area contributed by atoms with Crippen molar-refractivity contribution >= 4 is 34.8 Å². The largest absolute Gasteiger partial charge is 0.295 e. The molecule has 0 saturated heterocycles. The molecule has 1 aromatic heterocycles. The van der Waals surface area contributed by atoms with E-state index in [0.29, 0.717) is 15.7 Å². The third kappa shape index (κ3) is 3.00. The zero-order valence-corrected chi connectivity index (χ0v) is 17.6. The quantitative estimate of drug-likeness (QED) is 0.403. The van der Waals surface area contributed by atoms with Gasteiger partial charge in [0.1, 0.15) is 5.69 Å². The molecule has 30 heavy (non-hydrogen) atoms. The highest BCUT2D eigenvalue weighted by molar-refractivity contribution is 6.32. The fourth-order valence-electron chi connectivity index (χ4n) is 3.94. The maximum absolute atomic E-state index is 13.5. The molecule has 4 aromatic rings. The molecule has 1 N–H and O–H groups in total. The van der Waals surface area contributed by atoms with Crippen molar-refractivity contribution in [3.05, 3.63) is 105 Å². The third-order valence-electron chi connectivity index (χ3n) is 5.40. The Kier molecular flexibility index (Phi) is 4.61. The SMILES string of the molecule is Cc1ccc(-c2n[nH]c3c2C(c2ccccc2Cl)N(c2ccc(Cl)cc2)C3=O)cc1. The van der Waals surface area contributed by atoms with Crippen LogP contribution in [0.5, 0.6) is 0 Å². The summed E-state index contributed by atoms with van der Waals surface area (Å²) in [6.45, 7) is 2.04. The molecule has 1 aliphatic rings. The Balaban J connectivity index is 1.74. The van der Waals surface area contributed by atoms with Crippen molar-refractivity contribution in [2.45, 2.75) is 13.0 Å². The van der Waals surface area contributed by atoms with Crippen molar-refractivity contribution < 1.29 is 4.79 Å². The van der Waals surface area contributed by atoms with Gasteiger partial charge in [0.15, 0.2) is 0 Å². The second-order valence-electron chi connectivity index (χ2n) is 7.30. The second-order valence-corrected chi connectivity index (χ2v) is 8.15. The van der Waals surface area contributed by atoms with E-state index in [-0.39, 0.29) is 5.91 Å². The number of rotatable bonds is 3. The van der Waals surface area contributed by atoms with E-state index in [1.807, 2.05) is 67.6 Å². The van der Waals surface area contributed by atoms with E-state index in [2.05, 4.69) is 10.2 Å². The number of nitrogens with zero attached hydrogens (tertiary/aromatic N) is 2. The fraction of sp³-hybridized carbons (Fsp3) is 0.0833. The third-order valence-corrected chi connectivity index (χ3v) is 5.99. The van der Waals surface area contributed by atoms with Gasteiger partial charge in [-0.25, -0.2) is 0 Å². The molecule has 0 fully saturated rings. The van der Waals surface area contributed by atoms with Crippen LogP contribution in [0.15, 0.2) is 72.8 Å². The van der Waals surface area contributed by atoms with Crippen molar-refractivity contribution in [3.63, 3.8) is 0 Å². The first kappa shape index (κ1) is 18.9. The molecule has 0 bridgehead atoms. The molecule has 4 nitrogen and oxygen atoms in total. The van der Waals surface area contributed by atoms with Crippen LogP contribution >= 0.6 is 23.2 Å². The summed E-state index contributed by atoms with van der Waals surface area (Å²) in [7, 11) is 0. The molecule has 0 saturated carbocycles. The van der Waals surface area contributed by atoms with Crippen LogP contribution in [-0.4, -0.2) is 16.1 Å². The van der Waals surface area contributed by atoms with Crippen LogP contribution in [0, 0.1) is 6.92 Å². The average molecular weight is 434 g/mol. The van der Waals surface area contributed by atoms with Crippen LogP contribution in [0.25, 0.3) is 11.3 Å². The molecule has 1 unspecified atom stereocenters. The van der Waals surface area contributed by atoms with Gasteiger partial charge in [0.05, 0.1) is 11.7 Å². The topological polar surface area (TPSA) is 49.0 Å². The summed E-state index contributed by atoms with van der Waals surface area (Å²) in [4.78, 5) is 15.2. The summed E-state index contributed by atoms with van der Waals surface area (Å²) in [6, 6.07) is 22.5. The molecule has 0 spiro atoms. The molecule has 3 aromatic carbocycles. The van der Waals surface area contributed by atoms with Crippen LogP contribution in [0.1, 0.15) is 33.2 Å².